The molecule has 0 radical (unpaired) electrons. The van der Waals surface area contributed by atoms with Gasteiger partial charge in [-0.3, -0.25) is 9.59 Å². The van der Waals surface area contributed by atoms with Gasteiger partial charge in [0.25, 0.3) is 5.56 Å². The van der Waals surface area contributed by atoms with E-state index in [1.54, 1.807) is 5.38 Å². The van der Waals surface area contributed by atoms with Gasteiger partial charge in [-0.05, 0) is 24.6 Å². The maximum absolute atomic E-state index is 12.2. The molecule has 0 aliphatic rings. The molecule has 0 unspecified atom stereocenters. The number of thiazole rings is 1. The number of benzene rings is 1. The van der Waals surface area contributed by atoms with E-state index < -0.39 is 5.97 Å². The number of anilines is 1. The topological polar surface area (TPSA) is 103 Å². The van der Waals surface area contributed by atoms with Crippen LogP contribution in [0.15, 0.2) is 46.6 Å². The summed E-state index contributed by atoms with van der Waals surface area (Å²) < 4.78 is 6.23. The summed E-state index contributed by atoms with van der Waals surface area (Å²) in [7, 11) is 1.45. The Morgan fingerprint density at radius 3 is 2.75 bits per heavy atom. The number of amides is 1. The quantitative estimate of drug-likeness (QED) is 0.638. The zero-order valence-corrected chi connectivity index (χ0v) is 16.2. The second-order valence-electron chi connectivity index (χ2n) is 6.03. The minimum Gasteiger partial charge on any atom is -0.454 e. The second-order valence-corrected chi connectivity index (χ2v) is 6.97. The van der Waals surface area contributed by atoms with Crippen molar-refractivity contribution in [1.82, 2.24) is 14.8 Å². The maximum Gasteiger partial charge on any atom is 0.359 e. The van der Waals surface area contributed by atoms with E-state index in [2.05, 4.69) is 15.4 Å². The van der Waals surface area contributed by atoms with Gasteiger partial charge >= 0.3 is 5.97 Å². The fraction of sp³-hybridized carbons (Fsp3) is 0.211. The molecule has 9 heteroatoms. The Morgan fingerprint density at radius 1 is 1.21 bits per heavy atom. The molecule has 0 saturated carbocycles. The first-order chi connectivity index (χ1) is 13.4. The van der Waals surface area contributed by atoms with Gasteiger partial charge in [-0.2, -0.15) is 5.10 Å². The Bertz CT molecular complexity index is 1070. The van der Waals surface area contributed by atoms with Crippen LogP contribution in [0, 0.1) is 6.92 Å². The van der Waals surface area contributed by atoms with E-state index in [9.17, 15) is 14.4 Å². The van der Waals surface area contributed by atoms with Gasteiger partial charge in [0.15, 0.2) is 5.69 Å². The minimum atomic E-state index is -0.651. The van der Waals surface area contributed by atoms with Crippen molar-refractivity contribution in [3.8, 4) is 0 Å². The number of ether oxygens (including phenoxy) is 1. The molecule has 0 fully saturated rings. The number of rotatable bonds is 6. The average molecular weight is 398 g/mol. The van der Waals surface area contributed by atoms with E-state index in [0.29, 0.717) is 10.7 Å². The molecule has 1 aromatic carbocycles. The molecule has 3 rings (SSSR count). The van der Waals surface area contributed by atoms with Crippen LogP contribution in [-0.4, -0.2) is 26.6 Å². The summed E-state index contributed by atoms with van der Waals surface area (Å²) in [4.78, 5) is 39.8. The van der Waals surface area contributed by atoms with Crippen LogP contribution < -0.4 is 10.9 Å². The van der Waals surface area contributed by atoms with Gasteiger partial charge in [0.1, 0.15) is 11.6 Å². The van der Waals surface area contributed by atoms with Crippen molar-refractivity contribution in [2.75, 3.05) is 5.32 Å². The number of esters is 1. The third kappa shape index (κ3) is 4.89. The number of para-hydroxylation sites is 1. The van der Waals surface area contributed by atoms with Crippen LogP contribution in [0.3, 0.4) is 0 Å². The van der Waals surface area contributed by atoms with E-state index in [-0.39, 0.29) is 30.2 Å². The monoisotopic (exact) mass is 398 g/mol. The molecule has 0 spiro atoms. The highest BCUT2D eigenvalue weighted by atomic mass is 32.1. The van der Waals surface area contributed by atoms with Gasteiger partial charge in [0.2, 0.25) is 5.91 Å². The number of hydrogen-bond donors (Lipinski definition) is 1. The van der Waals surface area contributed by atoms with Crippen LogP contribution in [0.5, 0.6) is 0 Å². The number of carbonyl (C=O) groups excluding carboxylic acids is 2. The van der Waals surface area contributed by atoms with E-state index in [1.165, 1.54) is 30.5 Å². The summed E-state index contributed by atoms with van der Waals surface area (Å²) in [5.74, 6) is -0.816. The van der Waals surface area contributed by atoms with Crippen molar-refractivity contribution in [2.45, 2.75) is 20.0 Å². The highest BCUT2D eigenvalue weighted by Gasteiger charge is 2.13. The smallest absolute Gasteiger partial charge is 0.359 e. The summed E-state index contributed by atoms with van der Waals surface area (Å²) in [6, 6.07) is 10.1. The summed E-state index contributed by atoms with van der Waals surface area (Å²) in [6.07, 6.45) is 0.134. The van der Waals surface area contributed by atoms with Gasteiger partial charge in [-0.15, -0.1) is 11.3 Å². The van der Waals surface area contributed by atoms with E-state index >= 15 is 0 Å². The zero-order chi connectivity index (χ0) is 20.1. The normalized spacial score (nSPS) is 10.5. The van der Waals surface area contributed by atoms with Gasteiger partial charge in [-0.25, -0.2) is 14.5 Å². The first kappa shape index (κ1) is 19.4. The lowest BCUT2D eigenvalue weighted by Crippen LogP contribution is -2.21. The molecule has 0 bridgehead atoms. The van der Waals surface area contributed by atoms with Gasteiger partial charge in [0, 0.05) is 24.2 Å². The van der Waals surface area contributed by atoms with Crippen LogP contribution in [0.2, 0.25) is 0 Å². The minimum absolute atomic E-state index is 0.0372. The highest BCUT2D eigenvalue weighted by molar-refractivity contribution is 7.09. The van der Waals surface area contributed by atoms with Crippen molar-refractivity contribution >= 4 is 28.9 Å². The number of aryl methyl sites for hydroxylation is 2. The van der Waals surface area contributed by atoms with Crippen LogP contribution in [0.1, 0.15) is 26.8 Å². The average Bonchev–Trinajstić information content (AvgIpc) is 3.11. The van der Waals surface area contributed by atoms with Crippen molar-refractivity contribution < 1.29 is 14.3 Å². The molecule has 0 saturated heterocycles. The molecular weight excluding hydrogens is 380 g/mol. The van der Waals surface area contributed by atoms with E-state index in [1.807, 2.05) is 31.2 Å². The van der Waals surface area contributed by atoms with Gasteiger partial charge < -0.3 is 10.1 Å². The predicted molar refractivity (Wildman–Crippen MR) is 104 cm³/mol. The number of carbonyl (C=O) groups is 2. The molecule has 144 valence electrons. The van der Waals surface area contributed by atoms with Crippen LogP contribution in [0.4, 0.5) is 5.69 Å². The summed E-state index contributed by atoms with van der Waals surface area (Å²) in [5, 5.41) is 9.05. The fourth-order valence-corrected chi connectivity index (χ4v) is 3.14. The van der Waals surface area contributed by atoms with Crippen LogP contribution in [-0.2, 0) is 29.6 Å². The molecule has 3 aromatic rings. The molecule has 2 aromatic heterocycles. The highest BCUT2D eigenvalue weighted by Crippen LogP contribution is 2.16. The lowest BCUT2D eigenvalue weighted by molar-refractivity contribution is -0.115. The number of hydrogen-bond acceptors (Lipinski definition) is 7. The molecular formula is C19H18N4O4S. The molecule has 28 heavy (non-hydrogen) atoms. The molecule has 1 N–H and O–H groups in total. The van der Waals surface area contributed by atoms with Crippen LogP contribution in [0.25, 0.3) is 0 Å². The summed E-state index contributed by atoms with van der Waals surface area (Å²) in [6.45, 7) is 1.88. The van der Waals surface area contributed by atoms with E-state index in [0.717, 1.165) is 15.9 Å². The van der Waals surface area contributed by atoms with Gasteiger partial charge in [-0.1, -0.05) is 18.2 Å². The van der Waals surface area contributed by atoms with E-state index in [4.69, 9.17) is 4.74 Å². The number of nitrogens with one attached hydrogen (secondary N) is 1. The third-order valence-electron chi connectivity index (χ3n) is 3.85. The molecule has 2 heterocycles. The Balaban J connectivity index is 1.54. The fourth-order valence-electron chi connectivity index (χ4n) is 2.37. The third-order valence-corrected chi connectivity index (χ3v) is 4.75. The van der Waals surface area contributed by atoms with Crippen molar-refractivity contribution in [2.24, 2.45) is 7.05 Å². The molecule has 8 nitrogen and oxygen atoms in total. The van der Waals surface area contributed by atoms with Gasteiger partial charge in [0.05, 0.1) is 12.1 Å². The second kappa shape index (κ2) is 8.57. The molecule has 0 aliphatic heterocycles. The van der Waals surface area contributed by atoms with Crippen LogP contribution >= 0.6 is 11.3 Å². The number of aromatic nitrogens is 3. The largest absolute Gasteiger partial charge is 0.454 e. The lowest BCUT2D eigenvalue weighted by atomic mass is 10.2. The number of nitrogens with zero attached hydrogens (tertiary/aromatic N) is 3. The first-order valence-corrected chi connectivity index (χ1v) is 9.30. The molecule has 0 aliphatic carbocycles. The Kier molecular flexibility index (Phi) is 5.95. The predicted octanol–water partition coefficient (Wildman–Crippen LogP) is 2.08. The Hall–Kier alpha value is -3.33. The molecule has 0 atom stereocenters. The first-order valence-electron chi connectivity index (χ1n) is 8.42. The SMILES string of the molecule is Cc1ccccc1NC(=O)Cc1nc(COC(=O)c2ccc(=O)n(C)n2)cs1. The standard InChI is InChI=1S/C19H18N4O4S/c1-12-5-3-4-6-14(12)21-16(24)9-17-20-13(11-28-17)10-27-19(26)15-7-8-18(25)23(2)22-15/h3-8,11H,9-10H2,1-2H3,(H,21,24). The van der Waals surface area contributed by atoms with Crippen molar-refractivity contribution in [3.05, 3.63) is 74.1 Å². The summed E-state index contributed by atoms with van der Waals surface area (Å²) >= 11 is 1.32. The lowest BCUT2D eigenvalue weighted by Gasteiger charge is -2.06. The zero-order valence-electron chi connectivity index (χ0n) is 15.3. The maximum atomic E-state index is 12.2. The van der Waals surface area contributed by atoms with Crippen molar-refractivity contribution in [1.29, 1.82) is 0 Å². The Morgan fingerprint density at radius 2 is 2.00 bits per heavy atom. The summed E-state index contributed by atoms with van der Waals surface area (Å²) in [5.41, 5.74) is 2.01. The van der Waals surface area contributed by atoms with Crippen molar-refractivity contribution in [3.63, 3.8) is 0 Å². The Labute approximate surface area is 164 Å². The molecule has 1 amide bonds.